The lowest BCUT2D eigenvalue weighted by Crippen LogP contribution is -2.53. The van der Waals surface area contributed by atoms with Crippen molar-refractivity contribution in [1.29, 1.82) is 0 Å². The first-order valence-electron chi connectivity index (χ1n) is 4.98. The van der Waals surface area contributed by atoms with Crippen LogP contribution in [-0.2, 0) is 19.6 Å². The molecule has 0 bridgehead atoms. The first kappa shape index (κ1) is 12.7. The Morgan fingerprint density at radius 1 is 1.17 bits per heavy atom. The summed E-state index contributed by atoms with van der Waals surface area (Å²) in [6.45, 7) is -0.908. The molecule has 2 amide bonds. The molecule has 0 atom stereocenters. The maximum absolute atomic E-state index is 13.0. The van der Waals surface area contributed by atoms with Crippen molar-refractivity contribution in [3.63, 3.8) is 0 Å². The molecule has 1 N–H and O–H groups in total. The van der Waals surface area contributed by atoms with Gasteiger partial charge < -0.3 is 0 Å². The van der Waals surface area contributed by atoms with E-state index in [0.29, 0.717) is 4.31 Å². The van der Waals surface area contributed by atoms with Gasteiger partial charge in [0.05, 0.1) is 18.0 Å². The van der Waals surface area contributed by atoms with E-state index in [1.54, 1.807) is 0 Å². The number of piperazine rings is 1. The molecule has 0 unspecified atom stereocenters. The molecule has 96 valence electrons. The Kier molecular flexibility index (Phi) is 3.14. The summed E-state index contributed by atoms with van der Waals surface area (Å²) >= 11 is 0. The van der Waals surface area contributed by atoms with Crippen LogP contribution < -0.4 is 5.32 Å². The number of nitrogens with zero attached hydrogens (tertiary/aromatic N) is 1. The molecule has 0 aromatic heterocycles. The smallest absolute Gasteiger partial charge is 0.244 e. The number of carbonyl (C=O) groups excluding carboxylic acids is 2. The van der Waals surface area contributed by atoms with Crippen molar-refractivity contribution in [3.05, 3.63) is 30.1 Å². The molecular formula is C10H9FN2O4S. The molecule has 1 aromatic carbocycles. The maximum atomic E-state index is 13.0. The van der Waals surface area contributed by atoms with Crippen molar-refractivity contribution in [3.8, 4) is 0 Å². The standard InChI is InChI=1S/C10H9FN2O4S/c11-7-2-1-3-8(4-7)18(16,17)13-5-9(14)12-10(15)6-13/h1-4H,5-6H2,(H,12,14,15). The van der Waals surface area contributed by atoms with Gasteiger partial charge in [-0.05, 0) is 18.2 Å². The normalized spacial score (nSPS) is 17.6. The number of amides is 2. The summed E-state index contributed by atoms with van der Waals surface area (Å²) in [6, 6.07) is 4.39. The molecule has 1 aliphatic heterocycles. The van der Waals surface area contributed by atoms with Gasteiger partial charge in [-0.1, -0.05) is 6.07 Å². The second-order valence-corrected chi connectivity index (χ2v) is 5.64. The van der Waals surface area contributed by atoms with Crippen molar-refractivity contribution < 1.29 is 22.4 Å². The lowest BCUT2D eigenvalue weighted by atomic mass is 10.4. The Morgan fingerprint density at radius 3 is 2.33 bits per heavy atom. The topological polar surface area (TPSA) is 83.6 Å². The Hall–Kier alpha value is -1.80. The van der Waals surface area contributed by atoms with Gasteiger partial charge in [-0.15, -0.1) is 0 Å². The van der Waals surface area contributed by atoms with E-state index in [4.69, 9.17) is 0 Å². The monoisotopic (exact) mass is 272 g/mol. The highest BCUT2D eigenvalue weighted by atomic mass is 32.2. The van der Waals surface area contributed by atoms with Crippen LogP contribution >= 0.6 is 0 Å². The Bertz CT molecular complexity index is 598. The van der Waals surface area contributed by atoms with Crippen molar-refractivity contribution in [2.45, 2.75) is 4.90 Å². The van der Waals surface area contributed by atoms with E-state index in [1.807, 2.05) is 5.32 Å². The number of benzene rings is 1. The highest BCUT2D eigenvalue weighted by Gasteiger charge is 2.32. The highest BCUT2D eigenvalue weighted by Crippen LogP contribution is 2.17. The molecule has 0 aliphatic carbocycles. The summed E-state index contributed by atoms with van der Waals surface area (Å²) in [5, 5.41) is 1.99. The van der Waals surface area contributed by atoms with Crippen LogP contribution in [0, 0.1) is 5.82 Å². The molecule has 1 heterocycles. The number of rotatable bonds is 2. The quantitative estimate of drug-likeness (QED) is 0.734. The van der Waals surface area contributed by atoms with Crippen molar-refractivity contribution in [2.75, 3.05) is 13.1 Å². The fourth-order valence-electron chi connectivity index (χ4n) is 1.56. The molecule has 1 aliphatic rings. The first-order valence-corrected chi connectivity index (χ1v) is 6.42. The summed E-state index contributed by atoms with van der Waals surface area (Å²) in [7, 11) is -4.04. The van der Waals surface area contributed by atoms with Crippen LogP contribution in [0.2, 0.25) is 0 Å². The van der Waals surface area contributed by atoms with Gasteiger partial charge in [0.1, 0.15) is 5.82 Å². The highest BCUT2D eigenvalue weighted by molar-refractivity contribution is 7.89. The summed E-state index contributed by atoms with van der Waals surface area (Å²) in [4.78, 5) is 21.9. The second-order valence-electron chi connectivity index (χ2n) is 3.70. The molecule has 1 saturated heterocycles. The fraction of sp³-hybridized carbons (Fsp3) is 0.200. The van der Waals surface area contributed by atoms with Gasteiger partial charge in [-0.2, -0.15) is 4.31 Å². The number of carbonyl (C=O) groups is 2. The van der Waals surface area contributed by atoms with E-state index >= 15 is 0 Å². The molecule has 1 aromatic rings. The van der Waals surface area contributed by atoms with E-state index in [0.717, 1.165) is 12.1 Å². The summed E-state index contributed by atoms with van der Waals surface area (Å²) in [6.07, 6.45) is 0. The third-order valence-electron chi connectivity index (χ3n) is 2.35. The van der Waals surface area contributed by atoms with E-state index in [2.05, 4.69) is 0 Å². The van der Waals surface area contributed by atoms with Gasteiger partial charge >= 0.3 is 0 Å². The minimum absolute atomic E-state index is 0.287. The molecule has 0 radical (unpaired) electrons. The second kappa shape index (κ2) is 4.46. The van der Waals surface area contributed by atoms with Crippen LogP contribution in [0.3, 0.4) is 0 Å². The van der Waals surface area contributed by atoms with E-state index in [9.17, 15) is 22.4 Å². The third kappa shape index (κ3) is 2.39. The molecular weight excluding hydrogens is 263 g/mol. The predicted octanol–water partition coefficient (Wildman–Crippen LogP) is -0.527. The number of hydrogen-bond donors (Lipinski definition) is 1. The van der Waals surface area contributed by atoms with Crippen molar-refractivity contribution in [1.82, 2.24) is 9.62 Å². The SMILES string of the molecule is O=C1CN(S(=O)(=O)c2cccc(F)c2)CC(=O)N1. The lowest BCUT2D eigenvalue weighted by molar-refractivity contribution is -0.134. The Morgan fingerprint density at radius 2 is 1.78 bits per heavy atom. The van der Waals surface area contributed by atoms with Gasteiger partial charge in [-0.3, -0.25) is 14.9 Å². The third-order valence-corrected chi connectivity index (χ3v) is 4.14. The first-order chi connectivity index (χ1) is 8.39. The van der Waals surface area contributed by atoms with E-state index in [1.165, 1.54) is 12.1 Å². The number of imide groups is 1. The number of halogens is 1. The van der Waals surface area contributed by atoms with Crippen LogP contribution in [-0.4, -0.2) is 37.6 Å². The largest absolute Gasteiger partial charge is 0.294 e. The molecule has 1 fully saturated rings. The molecule has 0 saturated carbocycles. The minimum atomic E-state index is -4.04. The average molecular weight is 272 g/mol. The van der Waals surface area contributed by atoms with Gasteiger partial charge in [-0.25, -0.2) is 12.8 Å². The minimum Gasteiger partial charge on any atom is -0.294 e. The summed E-state index contributed by atoms with van der Waals surface area (Å²) in [5.41, 5.74) is 0. The van der Waals surface area contributed by atoms with Crippen LogP contribution in [0.1, 0.15) is 0 Å². The zero-order valence-corrected chi connectivity index (χ0v) is 9.91. The fourth-order valence-corrected chi connectivity index (χ4v) is 2.94. The molecule has 0 spiro atoms. The van der Waals surface area contributed by atoms with Gasteiger partial charge in [0.25, 0.3) is 0 Å². The van der Waals surface area contributed by atoms with E-state index < -0.39 is 40.7 Å². The lowest BCUT2D eigenvalue weighted by Gasteiger charge is -2.24. The van der Waals surface area contributed by atoms with Crippen molar-refractivity contribution >= 4 is 21.8 Å². The van der Waals surface area contributed by atoms with Gasteiger partial charge in [0, 0.05) is 0 Å². The molecule has 6 nitrogen and oxygen atoms in total. The van der Waals surface area contributed by atoms with Crippen LogP contribution in [0.4, 0.5) is 4.39 Å². The zero-order valence-electron chi connectivity index (χ0n) is 9.09. The van der Waals surface area contributed by atoms with E-state index in [-0.39, 0.29) is 4.90 Å². The van der Waals surface area contributed by atoms with Gasteiger partial charge in [0.15, 0.2) is 0 Å². The Balaban J connectivity index is 2.37. The molecule has 2 rings (SSSR count). The van der Waals surface area contributed by atoms with Gasteiger partial charge in [0.2, 0.25) is 21.8 Å². The maximum Gasteiger partial charge on any atom is 0.244 e. The summed E-state index contributed by atoms with van der Waals surface area (Å²) < 4.78 is 37.8. The molecule has 18 heavy (non-hydrogen) atoms. The number of nitrogens with one attached hydrogen (secondary N) is 1. The number of sulfonamides is 1. The number of hydrogen-bond acceptors (Lipinski definition) is 4. The van der Waals surface area contributed by atoms with Crippen LogP contribution in [0.5, 0.6) is 0 Å². The zero-order chi connectivity index (χ0) is 13.3. The van der Waals surface area contributed by atoms with Crippen LogP contribution in [0.25, 0.3) is 0 Å². The molecule has 8 heteroatoms. The van der Waals surface area contributed by atoms with Crippen molar-refractivity contribution in [2.24, 2.45) is 0 Å². The predicted molar refractivity (Wildman–Crippen MR) is 58.3 cm³/mol. The summed E-state index contributed by atoms with van der Waals surface area (Å²) in [5.74, 6) is -2.11. The average Bonchev–Trinajstić information content (AvgIpc) is 2.27. The Labute approximate surface area is 102 Å². The van der Waals surface area contributed by atoms with Crippen LogP contribution in [0.15, 0.2) is 29.2 Å².